The van der Waals surface area contributed by atoms with E-state index in [1.807, 2.05) is 30.5 Å². The Hall–Kier alpha value is -4.04. The van der Waals surface area contributed by atoms with Gasteiger partial charge in [-0.25, -0.2) is 14.8 Å². The van der Waals surface area contributed by atoms with Crippen molar-refractivity contribution in [3.63, 3.8) is 0 Å². The molecule has 0 saturated heterocycles. The van der Waals surface area contributed by atoms with Crippen molar-refractivity contribution in [3.8, 4) is 17.3 Å². The molecule has 0 atom stereocenters. The second-order valence-electron chi connectivity index (χ2n) is 10.1. The number of rotatable bonds is 12. The summed E-state index contributed by atoms with van der Waals surface area (Å²) in [4.78, 5) is 25.8. The molecule has 0 aliphatic heterocycles. The molecule has 0 radical (unpaired) electrons. The van der Waals surface area contributed by atoms with Crippen molar-refractivity contribution in [3.05, 3.63) is 93.6 Å². The Labute approximate surface area is 238 Å². The van der Waals surface area contributed by atoms with Gasteiger partial charge in [0.1, 0.15) is 23.1 Å². The molecule has 7 nitrogen and oxygen atoms in total. The lowest BCUT2D eigenvalue weighted by Crippen LogP contribution is -2.05. The van der Waals surface area contributed by atoms with Crippen LogP contribution in [0, 0.1) is 6.92 Å². The third kappa shape index (κ3) is 6.23. The molecule has 0 bridgehead atoms. The number of nitrogens with zero attached hydrogens (tertiary/aromatic N) is 4. The Bertz CT molecular complexity index is 1600. The topological polar surface area (TPSA) is 90.1 Å². The molecular formula is C32H34N4O3S. The molecule has 5 rings (SSSR count). The highest BCUT2D eigenvalue weighted by molar-refractivity contribution is 7.09. The summed E-state index contributed by atoms with van der Waals surface area (Å²) in [7, 11) is 0. The van der Waals surface area contributed by atoms with Crippen LogP contribution < -0.4 is 4.74 Å². The largest absolute Gasteiger partial charge is 0.486 e. The van der Waals surface area contributed by atoms with Gasteiger partial charge in [-0.3, -0.25) is 4.98 Å². The minimum Gasteiger partial charge on any atom is -0.486 e. The van der Waals surface area contributed by atoms with Crippen LogP contribution in [-0.4, -0.2) is 30.6 Å². The number of carboxylic acid groups (broad SMARTS) is 1. The minimum atomic E-state index is -0.960. The molecule has 8 heteroatoms. The predicted molar refractivity (Wildman–Crippen MR) is 159 cm³/mol. The molecule has 0 amide bonds. The van der Waals surface area contributed by atoms with Gasteiger partial charge >= 0.3 is 5.97 Å². The highest BCUT2D eigenvalue weighted by Gasteiger charge is 2.19. The summed E-state index contributed by atoms with van der Waals surface area (Å²) < 4.78 is 8.09. The van der Waals surface area contributed by atoms with Crippen molar-refractivity contribution in [1.29, 1.82) is 0 Å². The first-order chi connectivity index (χ1) is 19.4. The van der Waals surface area contributed by atoms with Crippen molar-refractivity contribution in [2.24, 2.45) is 0 Å². The minimum absolute atomic E-state index is 0.227. The van der Waals surface area contributed by atoms with E-state index in [1.165, 1.54) is 41.9 Å². The van der Waals surface area contributed by atoms with Gasteiger partial charge in [-0.1, -0.05) is 38.8 Å². The molecule has 0 aliphatic carbocycles. The fourth-order valence-corrected chi connectivity index (χ4v) is 5.78. The van der Waals surface area contributed by atoms with Crippen LogP contribution in [0.2, 0.25) is 0 Å². The van der Waals surface area contributed by atoms with Gasteiger partial charge in [-0.15, -0.1) is 11.3 Å². The first-order valence-corrected chi connectivity index (χ1v) is 14.7. The maximum Gasteiger partial charge on any atom is 0.335 e. The first-order valence-electron chi connectivity index (χ1n) is 13.8. The van der Waals surface area contributed by atoms with E-state index in [4.69, 9.17) is 24.8 Å². The highest BCUT2D eigenvalue weighted by Crippen LogP contribution is 2.32. The Morgan fingerprint density at radius 2 is 1.77 bits per heavy atom. The lowest BCUT2D eigenvalue weighted by atomic mass is 9.90. The van der Waals surface area contributed by atoms with Gasteiger partial charge in [-0.2, -0.15) is 0 Å². The molecule has 3 heterocycles. The molecule has 0 saturated carbocycles. The average Bonchev–Trinajstić information content (AvgIpc) is 3.56. The summed E-state index contributed by atoms with van der Waals surface area (Å²) in [5.74, 6) is 0.990. The van der Waals surface area contributed by atoms with Gasteiger partial charge in [0.2, 0.25) is 0 Å². The molecule has 206 valence electrons. The number of imidazole rings is 1. The molecule has 0 spiro atoms. The zero-order chi connectivity index (χ0) is 28.1. The van der Waals surface area contributed by atoms with E-state index < -0.39 is 5.97 Å². The molecule has 2 aromatic carbocycles. The maximum atomic E-state index is 11.1. The van der Waals surface area contributed by atoms with Crippen molar-refractivity contribution in [2.75, 3.05) is 0 Å². The number of aromatic nitrogens is 4. The highest BCUT2D eigenvalue weighted by atomic mass is 32.1. The summed E-state index contributed by atoms with van der Waals surface area (Å²) in [6.45, 7) is 7.39. The average molecular weight is 555 g/mol. The summed E-state index contributed by atoms with van der Waals surface area (Å²) >= 11 is 1.52. The van der Waals surface area contributed by atoms with Crippen molar-refractivity contribution in [2.45, 2.75) is 65.5 Å². The van der Waals surface area contributed by atoms with Gasteiger partial charge in [0.15, 0.2) is 5.82 Å². The standard InChI is InChI=1S/C32H34N4O3S/c1-4-7-22(8-5-2)24-13-16-29-27(17-24)35-31(36(29)18-25-10-6-9-21(3)33-25)28-20-40-30(34-28)19-39-26-14-11-23(12-15-26)32(37)38/h6,9-17,20,22H,4-5,7-8,18-19H2,1-3H3,(H,37,38). The third-order valence-electron chi connectivity index (χ3n) is 7.03. The van der Waals surface area contributed by atoms with E-state index in [2.05, 4.69) is 36.6 Å². The quantitative estimate of drug-likeness (QED) is 0.169. The number of aromatic carboxylic acids is 1. The zero-order valence-corrected chi connectivity index (χ0v) is 23.9. The number of benzene rings is 2. The Kier molecular flexibility index (Phi) is 8.55. The summed E-state index contributed by atoms with van der Waals surface area (Å²) in [6, 6.07) is 19.2. The van der Waals surface area contributed by atoms with Crippen molar-refractivity contribution in [1.82, 2.24) is 19.5 Å². The molecule has 0 aliphatic rings. The zero-order valence-electron chi connectivity index (χ0n) is 23.1. The Morgan fingerprint density at radius 3 is 2.48 bits per heavy atom. The van der Waals surface area contributed by atoms with E-state index in [1.54, 1.807) is 12.1 Å². The number of aryl methyl sites for hydroxylation is 1. The number of hydrogen-bond acceptors (Lipinski definition) is 6. The lowest BCUT2D eigenvalue weighted by Gasteiger charge is -2.16. The van der Waals surface area contributed by atoms with E-state index in [0.29, 0.717) is 18.2 Å². The van der Waals surface area contributed by atoms with Crippen molar-refractivity contribution >= 4 is 28.3 Å². The maximum absolute atomic E-state index is 11.1. The van der Waals surface area contributed by atoms with Gasteiger partial charge in [0.05, 0.1) is 28.8 Å². The molecule has 40 heavy (non-hydrogen) atoms. The number of hydrogen-bond donors (Lipinski definition) is 1. The second kappa shape index (κ2) is 12.4. The number of pyridine rings is 1. The number of thiazole rings is 1. The van der Waals surface area contributed by atoms with Crippen LogP contribution in [0.5, 0.6) is 5.75 Å². The van der Waals surface area contributed by atoms with Gasteiger partial charge < -0.3 is 14.4 Å². The molecular weight excluding hydrogens is 520 g/mol. The van der Waals surface area contributed by atoms with Gasteiger partial charge in [-0.05, 0) is 79.8 Å². The Balaban J connectivity index is 1.46. The molecule has 0 fully saturated rings. The number of carboxylic acids is 1. The Morgan fingerprint density at radius 1 is 1.00 bits per heavy atom. The van der Waals surface area contributed by atoms with Gasteiger partial charge in [0.25, 0.3) is 0 Å². The van der Waals surface area contributed by atoms with Crippen LogP contribution in [0.3, 0.4) is 0 Å². The predicted octanol–water partition coefficient (Wildman–Crippen LogP) is 7.87. The van der Waals surface area contributed by atoms with Crippen LogP contribution in [-0.2, 0) is 13.2 Å². The van der Waals surface area contributed by atoms with E-state index in [-0.39, 0.29) is 12.2 Å². The molecule has 5 aromatic rings. The normalized spacial score (nSPS) is 11.4. The lowest BCUT2D eigenvalue weighted by molar-refractivity contribution is 0.0697. The smallest absolute Gasteiger partial charge is 0.335 e. The number of carbonyl (C=O) groups is 1. The summed E-state index contributed by atoms with van der Waals surface area (Å²) in [6.07, 6.45) is 4.67. The van der Waals surface area contributed by atoms with E-state index in [0.717, 1.165) is 51.8 Å². The van der Waals surface area contributed by atoms with E-state index in [9.17, 15) is 4.79 Å². The molecule has 3 aromatic heterocycles. The van der Waals surface area contributed by atoms with Crippen LogP contribution in [0.4, 0.5) is 0 Å². The van der Waals surface area contributed by atoms with Crippen LogP contribution in [0.1, 0.15) is 77.8 Å². The van der Waals surface area contributed by atoms with Crippen LogP contribution >= 0.6 is 11.3 Å². The summed E-state index contributed by atoms with van der Waals surface area (Å²) in [5.41, 5.74) is 6.38. The number of fused-ring (bicyclic) bond motifs is 1. The SMILES string of the molecule is CCCC(CCC)c1ccc2c(c1)nc(-c1csc(COc3ccc(C(=O)O)cc3)n1)n2Cc1cccc(C)n1. The van der Waals surface area contributed by atoms with Crippen molar-refractivity contribution < 1.29 is 14.6 Å². The fraction of sp³-hybridized carbons (Fsp3) is 0.312. The third-order valence-corrected chi connectivity index (χ3v) is 7.85. The van der Waals surface area contributed by atoms with Crippen LogP contribution in [0.15, 0.2) is 66.0 Å². The fourth-order valence-electron chi connectivity index (χ4n) is 5.10. The monoisotopic (exact) mass is 554 g/mol. The van der Waals surface area contributed by atoms with E-state index >= 15 is 0 Å². The molecule has 1 N–H and O–H groups in total. The first kappa shape index (κ1) is 27.5. The van der Waals surface area contributed by atoms with Crippen LogP contribution in [0.25, 0.3) is 22.6 Å². The number of ether oxygens (including phenoxy) is 1. The van der Waals surface area contributed by atoms with Gasteiger partial charge in [0, 0.05) is 11.1 Å². The molecule has 0 unspecified atom stereocenters. The summed E-state index contributed by atoms with van der Waals surface area (Å²) in [5, 5.41) is 11.9. The second-order valence-corrected chi connectivity index (χ2v) is 11.0.